The van der Waals surface area contributed by atoms with E-state index >= 15 is 0 Å². The molecule has 0 saturated heterocycles. The van der Waals surface area contributed by atoms with Crippen molar-refractivity contribution in [3.05, 3.63) is 35.8 Å². The first-order valence-electron chi connectivity index (χ1n) is 2.67. The average molecular weight is 124 g/mol. The van der Waals surface area contributed by atoms with Crippen molar-refractivity contribution < 1.29 is 10.2 Å². The van der Waals surface area contributed by atoms with Crippen LogP contribution in [-0.2, 0) is 0 Å². The van der Waals surface area contributed by atoms with Gasteiger partial charge in [-0.2, -0.15) is 0 Å². The van der Waals surface area contributed by atoms with E-state index in [-0.39, 0.29) is 11.5 Å². The van der Waals surface area contributed by atoms with Crippen LogP contribution in [0.25, 0.3) is 0 Å². The Morgan fingerprint density at radius 1 is 1.33 bits per heavy atom. The van der Waals surface area contributed by atoms with Gasteiger partial charge in [0.15, 0.2) is 5.76 Å². The van der Waals surface area contributed by atoms with Crippen LogP contribution in [0.3, 0.4) is 0 Å². The molecule has 0 radical (unpaired) electrons. The predicted molar refractivity (Wildman–Crippen MR) is 35.2 cm³/mol. The second-order valence-electron chi connectivity index (χ2n) is 2.00. The van der Waals surface area contributed by atoms with Gasteiger partial charge in [-0.3, -0.25) is 0 Å². The fourth-order valence-electron chi connectivity index (χ4n) is 0.658. The normalized spacial score (nSPS) is 18.9. The van der Waals surface area contributed by atoms with E-state index in [1.807, 2.05) is 0 Å². The molecule has 9 heavy (non-hydrogen) atoms. The highest BCUT2D eigenvalue weighted by molar-refractivity contribution is 5.32. The molecule has 0 heterocycles. The zero-order chi connectivity index (χ0) is 6.85. The number of aliphatic hydroxyl groups is 2. The highest BCUT2D eigenvalue weighted by Gasteiger charge is 2.05. The number of rotatable bonds is 0. The smallest absolute Gasteiger partial charge is 0.153 e. The lowest BCUT2D eigenvalue weighted by atomic mass is 10.1. The van der Waals surface area contributed by atoms with Crippen LogP contribution in [0.4, 0.5) is 0 Å². The van der Waals surface area contributed by atoms with E-state index in [4.69, 9.17) is 10.2 Å². The van der Waals surface area contributed by atoms with Gasteiger partial charge in [0.1, 0.15) is 5.76 Å². The summed E-state index contributed by atoms with van der Waals surface area (Å²) >= 11 is 0. The summed E-state index contributed by atoms with van der Waals surface area (Å²) in [5.74, 6) is -0.0510. The fraction of sp³-hybridized carbons (Fsp3) is 0.143. The zero-order valence-corrected chi connectivity index (χ0v) is 4.96. The molecule has 0 aromatic rings. The molecule has 0 unspecified atom stereocenters. The van der Waals surface area contributed by atoms with E-state index in [1.54, 1.807) is 6.08 Å². The van der Waals surface area contributed by atoms with Gasteiger partial charge in [0.25, 0.3) is 0 Å². The lowest BCUT2D eigenvalue weighted by Crippen LogP contribution is -1.94. The number of hydrogen-bond acceptors (Lipinski definition) is 2. The van der Waals surface area contributed by atoms with Gasteiger partial charge in [0.05, 0.1) is 0 Å². The summed E-state index contributed by atoms with van der Waals surface area (Å²) in [5, 5.41) is 17.7. The van der Waals surface area contributed by atoms with Crippen LogP contribution in [0.15, 0.2) is 35.8 Å². The Bertz CT molecular complexity index is 199. The Kier molecular flexibility index (Phi) is 1.30. The molecule has 2 heteroatoms. The molecule has 0 aromatic heterocycles. The first-order chi connectivity index (χ1) is 4.20. The van der Waals surface area contributed by atoms with Crippen molar-refractivity contribution in [2.24, 2.45) is 0 Å². The Labute approximate surface area is 53.4 Å². The molecule has 1 aliphatic carbocycles. The lowest BCUT2D eigenvalue weighted by molar-refractivity contribution is 0.327. The molecular weight excluding hydrogens is 116 g/mol. The van der Waals surface area contributed by atoms with E-state index in [0.29, 0.717) is 6.42 Å². The molecule has 0 fully saturated rings. The molecule has 0 amide bonds. The summed E-state index contributed by atoms with van der Waals surface area (Å²) in [6.45, 7) is 3.61. The summed E-state index contributed by atoms with van der Waals surface area (Å²) < 4.78 is 0. The summed E-state index contributed by atoms with van der Waals surface area (Å²) in [7, 11) is 0. The van der Waals surface area contributed by atoms with E-state index in [9.17, 15) is 0 Å². The topological polar surface area (TPSA) is 40.5 Å². The molecule has 0 bridgehead atoms. The first-order valence-corrected chi connectivity index (χ1v) is 2.67. The monoisotopic (exact) mass is 124 g/mol. The molecule has 0 aliphatic heterocycles. The van der Waals surface area contributed by atoms with Crippen LogP contribution in [0.1, 0.15) is 6.42 Å². The minimum atomic E-state index is -0.0533. The van der Waals surface area contributed by atoms with Crippen molar-refractivity contribution in [3.63, 3.8) is 0 Å². The molecule has 1 rings (SSSR count). The van der Waals surface area contributed by atoms with Gasteiger partial charge in [0, 0.05) is 6.42 Å². The Hall–Kier alpha value is -1.18. The van der Waals surface area contributed by atoms with Gasteiger partial charge >= 0.3 is 0 Å². The Morgan fingerprint density at radius 2 is 2.00 bits per heavy atom. The SMILES string of the molecule is C=C1C=CC(O)=C(O)C1. The average Bonchev–Trinajstić information content (AvgIpc) is 1.80. The third-order valence-electron chi connectivity index (χ3n) is 1.17. The zero-order valence-electron chi connectivity index (χ0n) is 4.96. The molecule has 2 nitrogen and oxygen atoms in total. The molecule has 1 aliphatic rings. The van der Waals surface area contributed by atoms with Crippen LogP contribution in [0, 0.1) is 0 Å². The first kappa shape index (κ1) is 5.95. The van der Waals surface area contributed by atoms with Gasteiger partial charge in [0.2, 0.25) is 0 Å². The molecular formula is C7H8O2. The maximum atomic E-state index is 8.87. The van der Waals surface area contributed by atoms with Gasteiger partial charge in [-0.05, 0) is 11.6 Å². The molecule has 0 spiro atoms. The van der Waals surface area contributed by atoms with Gasteiger partial charge in [-0.15, -0.1) is 0 Å². The largest absolute Gasteiger partial charge is 0.508 e. The number of allylic oxidation sites excluding steroid dienone is 3. The quantitative estimate of drug-likeness (QED) is 0.517. The Balaban J connectivity index is 2.87. The summed E-state index contributed by atoms with van der Waals surface area (Å²) in [6.07, 6.45) is 3.47. The fourth-order valence-corrected chi connectivity index (χ4v) is 0.658. The maximum Gasteiger partial charge on any atom is 0.153 e. The molecule has 2 N–H and O–H groups in total. The second-order valence-corrected chi connectivity index (χ2v) is 2.00. The van der Waals surface area contributed by atoms with Crippen molar-refractivity contribution in [2.75, 3.05) is 0 Å². The van der Waals surface area contributed by atoms with Crippen molar-refractivity contribution in [3.8, 4) is 0 Å². The standard InChI is InChI=1S/C7H8O2/c1-5-2-3-6(8)7(9)4-5/h2-3,8-9H,1,4H2. The van der Waals surface area contributed by atoms with Gasteiger partial charge in [-0.25, -0.2) is 0 Å². The Morgan fingerprint density at radius 3 is 2.44 bits per heavy atom. The van der Waals surface area contributed by atoms with E-state index < -0.39 is 0 Å². The maximum absolute atomic E-state index is 8.87. The second kappa shape index (κ2) is 1.97. The third-order valence-corrected chi connectivity index (χ3v) is 1.17. The van der Waals surface area contributed by atoms with E-state index in [2.05, 4.69) is 6.58 Å². The van der Waals surface area contributed by atoms with E-state index in [0.717, 1.165) is 5.57 Å². The summed E-state index contributed by atoms with van der Waals surface area (Å²) in [6, 6.07) is 0. The van der Waals surface area contributed by atoms with Crippen LogP contribution in [-0.4, -0.2) is 10.2 Å². The summed E-state index contributed by atoms with van der Waals surface area (Å²) in [5.41, 5.74) is 0.810. The predicted octanol–water partition coefficient (Wildman–Crippen LogP) is 1.83. The molecule has 0 aromatic carbocycles. The molecule has 0 atom stereocenters. The van der Waals surface area contributed by atoms with Gasteiger partial charge in [-0.1, -0.05) is 12.7 Å². The lowest BCUT2D eigenvalue weighted by Gasteiger charge is -2.05. The molecule has 0 saturated carbocycles. The highest BCUT2D eigenvalue weighted by atomic mass is 16.3. The molecule has 48 valence electrons. The van der Waals surface area contributed by atoms with Gasteiger partial charge < -0.3 is 10.2 Å². The van der Waals surface area contributed by atoms with E-state index in [1.165, 1.54) is 6.08 Å². The number of hydrogen-bond donors (Lipinski definition) is 2. The van der Waals surface area contributed by atoms with Crippen LogP contribution < -0.4 is 0 Å². The van der Waals surface area contributed by atoms with Crippen molar-refractivity contribution in [1.29, 1.82) is 0 Å². The van der Waals surface area contributed by atoms with Crippen molar-refractivity contribution in [2.45, 2.75) is 6.42 Å². The van der Waals surface area contributed by atoms with Crippen molar-refractivity contribution >= 4 is 0 Å². The minimum absolute atomic E-state index is 0.00231. The highest BCUT2D eigenvalue weighted by Crippen LogP contribution is 2.17. The number of aliphatic hydroxyl groups excluding tert-OH is 2. The van der Waals surface area contributed by atoms with Crippen LogP contribution >= 0.6 is 0 Å². The van der Waals surface area contributed by atoms with Crippen LogP contribution in [0.2, 0.25) is 0 Å². The third kappa shape index (κ3) is 1.13. The van der Waals surface area contributed by atoms with Crippen molar-refractivity contribution in [1.82, 2.24) is 0 Å². The minimum Gasteiger partial charge on any atom is -0.508 e. The van der Waals surface area contributed by atoms with Crippen LogP contribution in [0.5, 0.6) is 0 Å². The summed E-state index contributed by atoms with van der Waals surface area (Å²) in [4.78, 5) is 0.